The van der Waals surface area contributed by atoms with Crippen LogP contribution in [0.25, 0.3) is 10.9 Å². The minimum absolute atomic E-state index is 0.0415. The molecule has 0 bridgehead atoms. The van der Waals surface area contributed by atoms with Crippen LogP contribution in [0.2, 0.25) is 0 Å². The van der Waals surface area contributed by atoms with Gasteiger partial charge in [-0.05, 0) is 36.1 Å². The van der Waals surface area contributed by atoms with Crippen molar-refractivity contribution < 1.29 is 9.59 Å². The molecule has 2 amide bonds. The number of hydrogen-bond donors (Lipinski definition) is 0. The van der Waals surface area contributed by atoms with Crippen LogP contribution in [0.3, 0.4) is 0 Å². The van der Waals surface area contributed by atoms with Gasteiger partial charge in [0.25, 0.3) is 5.91 Å². The van der Waals surface area contributed by atoms with E-state index < -0.39 is 0 Å². The monoisotopic (exact) mass is 367 g/mol. The Morgan fingerprint density at radius 2 is 1.78 bits per heavy atom. The molecule has 1 aliphatic heterocycles. The number of amides is 2. The van der Waals surface area contributed by atoms with Crippen molar-refractivity contribution in [2.45, 2.75) is 40.2 Å². The van der Waals surface area contributed by atoms with Crippen LogP contribution in [0.5, 0.6) is 0 Å². The van der Waals surface area contributed by atoms with Gasteiger partial charge in [0.05, 0.1) is 0 Å². The summed E-state index contributed by atoms with van der Waals surface area (Å²) in [6.45, 7) is 14.8. The van der Waals surface area contributed by atoms with Gasteiger partial charge in [0.2, 0.25) is 5.91 Å². The van der Waals surface area contributed by atoms with E-state index in [-0.39, 0.29) is 11.8 Å². The van der Waals surface area contributed by atoms with Crippen molar-refractivity contribution in [3.05, 3.63) is 47.7 Å². The Hall–Kier alpha value is -2.56. The molecule has 0 unspecified atom stereocenters. The van der Waals surface area contributed by atoms with Crippen LogP contribution in [-0.2, 0) is 11.3 Å². The molecule has 0 aliphatic carbocycles. The third kappa shape index (κ3) is 3.51. The highest BCUT2D eigenvalue weighted by Gasteiger charge is 2.28. The fraction of sp³-hybridized carbons (Fsp3) is 0.455. The van der Waals surface area contributed by atoms with Crippen molar-refractivity contribution in [2.75, 3.05) is 26.2 Å². The molecule has 0 saturated carbocycles. The topological polar surface area (TPSA) is 45.6 Å². The highest BCUT2D eigenvalue weighted by molar-refractivity contribution is 6.02. The summed E-state index contributed by atoms with van der Waals surface area (Å²) in [7, 11) is 0. The van der Waals surface area contributed by atoms with Crippen molar-refractivity contribution in [1.82, 2.24) is 14.4 Å². The van der Waals surface area contributed by atoms with Gasteiger partial charge < -0.3 is 14.4 Å². The highest BCUT2D eigenvalue weighted by atomic mass is 16.2. The van der Waals surface area contributed by atoms with Crippen molar-refractivity contribution in [3.63, 3.8) is 0 Å². The van der Waals surface area contributed by atoms with Gasteiger partial charge in [0.15, 0.2) is 0 Å². The van der Waals surface area contributed by atoms with E-state index in [1.54, 1.807) is 11.8 Å². The number of piperazine rings is 1. The van der Waals surface area contributed by atoms with Crippen molar-refractivity contribution in [1.29, 1.82) is 0 Å². The first kappa shape index (κ1) is 19.2. The molecular weight excluding hydrogens is 338 g/mol. The standard InChI is InChI=1S/C22H29N3O2/c1-6-9-25-20-8-7-18(15(2)3)14-19(20)16(4)21(25)22(27)24-12-10-23(11-13-24)17(5)26/h6-8,14-15H,1,9-13H2,2-5H3. The van der Waals surface area contributed by atoms with Gasteiger partial charge in [-0.2, -0.15) is 0 Å². The molecule has 3 rings (SSSR count). The maximum atomic E-state index is 13.3. The second-order valence-electron chi connectivity index (χ2n) is 7.60. The normalized spacial score (nSPS) is 14.9. The molecule has 1 aromatic heterocycles. The zero-order valence-electron chi connectivity index (χ0n) is 16.8. The lowest BCUT2D eigenvalue weighted by molar-refractivity contribution is -0.130. The van der Waals surface area contributed by atoms with Gasteiger partial charge in [-0.3, -0.25) is 9.59 Å². The van der Waals surface area contributed by atoms with E-state index in [0.717, 1.165) is 22.2 Å². The number of allylic oxidation sites excluding steroid dienone is 1. The quantitative estimate of drug-likeness (QED) is 0.776. The molecule has 144 valence electrons. The van der Waals surface area contributed by atoms with Gasteiger partial charge in [0, 0.05) is 50.6 Å². The molecule has 2 aromatic rings. The minimum atomic E-state index is 0.0415. The van der Waals surface area contributed by atoms with Crippen molar-refractivity contribution in [2.24, 2.45) is 0 Å². The molecule has 5 nitrogen and oxygen atoms in total. The molecule has 0 N–H and O–H groups in total. The Bertz CT molecular complexity index is 887. The molecule has 27 heavy (non-hydrogen) atoms. The van der Waals surface area contributed by atoms with Crippen molar-refractivity contribution >= 4 is 22.7 Å². The lowest BCUT2D eigenvalue weighted by Gasteiger charge is -2.34. The Morgan fingerprint density at radius 3 is 2.33 bits per heavy atom. The molecule has 5 heteroatoms. The van der Waals surface area contributed by atoms with Crippen molar-refractivity contribution in [3.8, 4) is 0 Å². The maximum Gasteiger partial charge on any atom is 0.270 e. The third-order valence-electron chi connectivity index (χ3n) is 5.53. The minimum Gasteiger partial charge on any atom is -0.339 e. The Morgan fingerprint density at radius 1 is 1.15 bits per heavy atom. The van der Waals surface area contributed by atoms with E-state index in [4.69, 9.17) is 0 Å². The third-order valence-corrected chi connectivity index (χ3v) is 5.53. The van der Waals surface area contributed by atoms with Gasteiger partial charge >= 0.3 is 0 Å². The summed E-state index contributed by atoms with van der Waals surface area (Å²) >= 11 is 0. The fourth-order valence-corrected chi connectivity index (χ4v) is 3.87. The number of fused-ring (bicyclic) bond motifs is 1. The second-order valence-corrected chi connectivity index (χ2v) is 7.60. The number of aromatic nitrogens is 1. The molecule has 1 fully saturated rings. The van der Waals surface area contributed by atoms with E-state index >= 15 is 0 Å². The average molecular weight is 367 g/mol. The highest BCUT2D eigenvalue weighted by Crippen LogP contribution is 2.30. The molecular formula is C22H29N3O2. The van der Waals surface area contributed by atoms with E-state index in [1.165, 1.54) is 5.56 Å². The summed E-state index contributed by atoms with van der Waals surface area (Å²) in [5, 5.41) is 1.13. The van der Waals surface area contributed by atoms with E-state index in [9.17, 15) is 9.59 Å². The number of hydrogen-bond acceptors (Lipinski definition) is 2. The molecule has 0 radical (unpaired) electrons. The van der Waals surface area contributed by atoms with Crippen LogP contribution in [0.1, 0.15) is 48.3 Å². The Labute approximate surface area is 161 Å². The predicted octanol–water partition coefficient (Wildman–Crippen LogP) is 3.56. The molecule has 1 saturated heterocycles. The lowest BCUT2D eigenvalue weighted by Crippen LogP contribution is -2.50. The van der Waals surface area contributed by atoms with Crippen LogP contribution in [0.4, 0.5) is 0 Å². The smallest absolute Gasteiger partial charge is 0.270 e. The number of carbonyl (C=O) groups excluding carboxylic acids is 2. The molecule has 0 spiro atoms. The summed E-state index contributed by atoms with van der Waals surface area (Å²) in [5.41, 5.74) is 4.10. The molecule has 1 aromatic carbocycles. The van der Waals surface area contributed by atoms with E-state index in [2.05, 4.69) is 43.2 Å². The summed E-state index contributed by atoms with van der Waals surface area (Å²) in [5.74, 6) is 0.551. The number of benzene rings is 1. The number of carbonyl (C=O) groups is 2. The van der Waals surface area contributed by atoms with Gasteiger partial charge in [0.1, 0.15) is 5.69 Å². The lowest BCUT2D eigenvalue weighted by atomic mass is 10.0. The zero-order chi connectivity index (χ0) is 19.7. The zero-order valence-corrected chi connectivity index (χ0v) is 16.8. The summed E-state index contributed by atoms with van der Waals surface area (Å²) in [4.78, 5) is 28.6. The molecule has 2 heterocycles. The first-order valence-electron chi connectivity index (χ1n) is 9.63. The second kappa shape index (κ2) is 7.59. The first-order valence-corrected chi connectivity index (χ1v) is 9.63. The summed E-state index contributed by atoms with van der Waals surface area (Å²) < 4.78 is 2.07. The van der Waals surface area contributed by atoms with E-state index in [1.807, 2.05) is 17.9 Å². The average Bonchev–Trinajstić information content (AvgIpc) is 2.93. The summed E-state index contributed by atoms with van der Waals surface area (Å²) in [6, 6.07) is 6.47. The Balaban J connectivity index is 2.01. The molecule has 1 aliphatic rings. The number of rotatable bonds is 4. The first-order chi connectivity index (χ1) is 12.8. The van der Waals surface area contributed by atoms with Crippen LogP contribution >= 0.6 is 0 Å². The Kier molecular flexibility index (Phi) is 5.40. The molecule has 0 atom stereocenters. The van der Waals surface area contributed by atoms with Crippen LogP contribution in [-0.4, -0.2) is 52.4 Å². The van der Waals surface area contributed by atoms with Gasteiger partial charge in [-0.15, -0.1) is 6.58 Å². The van der Waals surface area contributed by atoms with E-state index in [0.29, 0.717) is 38.6 Å². The summed E-state index contributed by atoms with van der Waals surface area (Å²) in [6.07, 6.45) is 1.83. The largest absolute Gasteiger partial charge is 0.339 e. The number of aryl methyl sites for hydroxylation is 1. The van der Waals surface area contributed by atoms with Crippen LogP contribution in [0.15, 0.2) is 30.9 Å². The van der Waals surface area contributed by atoms with Gasteiger partial charge in [-0.1, -0.05) is 26.0 Å². The SMILES string of the molecule is C=CCn1c(C(=O)N2CCN(C(C)=O)CC2)c(C)c2cc(C(C)C)ccc21. The van der Waals surface area contributed by atoms with Crippen LogP contribution in [0, 0.1) is 6.92 Å². The fourth-order valence-electron chi connectivity index (χ4n) is 3.87. The van der Waals surface area contributed by atoms with Crippen LogP contribution < -0.4 is 0 Å². The number of nitrogens with zero attached hydrogens (tertiary/aromatic N) is 3. The van der Waals surface area contributed by atoms with Gasteiger partial charge in [-0.25, -0.2) is 0 Å². The predicted molar refractivity (Wildman–Crippen MR) is 109 cm³/mol. The maximum absolute atomic E-state index is 13.3.